The molecule has 4 heteroatoms. The fraction of sp³-hybridized carbons (Fsp3) is 0.562. The van der Waals surface area contributed by atoms with Gasteiger partial charge in [-0.25, -0.2) is 0 Å². The smallest absolute Gasteiger partial charge is 0.255 e. The fourth-order valence-corrected chi connectivity index (χ4v) is 2.36. The van der Waals surface area contributed by atoms with Crippen LogP contribution in [0.4, 0.5) is 0 Å². The van der Waals surface area contributed by atoms with Gasteiger partial charge < -0.3 is 15.8 Å². The molecule has 0 aromatic heterocycles. The van der Waals surface area contributed by atoms with E-state index in [2.05, 4.69) is 19.2 Å². The predicted molar refractivity (Wildman–Crippen MR) is 82.0 cm³/mol. The van der Waals surface area contributed by atoms with Crippen molar-refractivity contribution in [3.05, 3.63) is 29.8 Å². The summed E-state index contributed by atoms with van der Waals surface area (Å²) >= 11 is 0. The largest absolute Gasteiger partial charge is 0.493 e. The Bertz CT molecular complexity index is 446. The molecule has 1 amide bonds. The molecule has 112 valence electrons. The lowest BCUT2D eigenvalue weighted by atomic mass is 9.90. The molecule has 1 aromatic carbocycles. The highest BCUT2D eigenvalue weighted by atomic mass is 16.5. The SMILES string of the molecule is CCOc1ccccc1C(=O)NC(C)(CN)CC(C)C. The second-order valence-corrected chi connectivity index (χ2v) is 5.75. The van der Waals surface area contributed by atoms with Crippen molar-refractivity contribution >= 4 is 5.91 Å². The van der Waals surface area contributed by atoms with Gasteiger partial charge in [0.2, 0.25) is 0 Å². The van der Waals surface area contributed by atoms with Crippen LogP contribution >= 0.6 is 0 Å². The second-order valence-electron chi connectivity index (χ2n) is 5.75. The molecule has 0 saturated carbocycles. The molecule has 0 heterocycles. The van der Waals surface area contributed by atoms with Crippen LogP contribution in [0.25, 0.3) is 0 Å². The van der Waals surface area contributed by atoms with Crippen LogP contribution in [0.2, 0.25) is 0 Å². The Hall–Kier alpha value is -1.55. The number of amides is 1. The number of rotatable bonds is 7. The first-order valence-corrected chi connectivity index (χ1v) is 7.16. The molecule has 0 spiro atoms. The maximum Gasteiger partial charge on any atom is 0.255 e. The van der Waals surface area contributed by atoms with E-state index in [0.29, 0.717) is 30.4 Å². The van der Waals surface area contributed by atoms with Gasteiger partial charge in [-0.1, -0.05) is 26.0 Å². The van der Waals surface area contributed by atoms with Gasteiger partial charge in [0.1, 0.15) is 5.75 Å². The zero-order valence-corrected chi connectivity index (χ0v) is 12.9. The summed E-state index contributed by atoms with van der Waals surface area (Å²) in [6.45, 7) is 9.06. The maximum atomic E-state index is 12.4. The van der Waals surface area contributed by atoms with Crippen LogP contribution in [0, 0.1) is 5.92 Å². The van der Waals surface area contributed by atoms with Crippen molar-refractivity contribution in [1.29, 1.82) is 0 Å². The number of carbonyl (C=O) groups excluding carboxylic acids is 1. The summed E-state index contributed by atoms with van der Waals surface area (Å²) < 4.78 is 5.50. The van der Waals surface area contributed by atoms with Gasteiger partial charge in [-0.15, -0.1) is 0 Å². The second kappa shape index (κ2) is 7.29. The predicted octanol–water partition coefficient (Wildman–Crippen LogP) is 2.58. The van der Waals surface area contributed by atoms with Gasteiger partial charge in [0.25, 0.3) is 5.91 Å². The minimum atomic E-state index is -0.398. The summed E-state index contributed by atoms with van der Waals surface area (Å²) in [5.74, 6) is 0.935. The number of ether oxygens (including phenoxy) is 1. The molecule has 1 aromatic rings. The van der Waals surface area contributed by atoms with Gasteiger partial charge >= 0.3 is 0 Å². The van der Waals surface area contributed by atoms with E-state index in [9.17, 15) is 4.79 Å². The van der Waals surface area contributed by atoms with Crippen molar-refractivity contribution in [3.8, 4) is 5.75 Å². The highest BCUT2D eigenvalue weighted by Crippen LogP contribution is 2.21. The van der Waals surface area contributed by atoms with Gasteiger partial charge in [0.05, 0.1) is 12.2 Å². The summed E-state index contributed by atoms with van der Waals surface area (Å²) in [5.41, 5.74) is 5.99. The van der Waals surface area contributed by atoms with Crippen LogP contribution in [-0.4, -0.2) is 24.6 Å². The lowest BCUT2D eigenvalue weighted by Gasteiger charge is -2.31. The van der Waals surface area contributed by atoms with E-state index in [1.54, 1.807) is 12.1 Å². The Morgan fingerprint density at radius 2 is 2.05 bits per heavy atom. The van der Waals surface area contributed by atoms with Crippen molar-refractivity contribution in [1.82, 2.24) is 5.32 Å². The van der Waals surface area contributed by atoms with E-state index >= 15 is 0 Å². The van der Waals surface area contributed by atoms with Crippen molar-refractivity contribution in [3.63, 3.8) is 0 Å². The highest BCUT2D eigenvalue weighted by Gasteiger charge is 2.27. The number of nitrogens with two attached hydrogens (primary N) is 1. The molecular formula is C16H26N2O2. The van der Waals surface area contributed by atoms with E-state index in [0.717, 1.165) is 6.42 Å². The molecule has 0 aliphatic rings. The normalized spacial score (nSPS) is 13.9. The van der Waals surface area contributed by atoms with Crippen molar-refractivity contribution in [2.24, 2.45) is 11.7 Å². The molecule has 3 N–H and O–H groups in total. The first-order chi connectivity index (χ1) is 9.41. The Balaban J connectivity index is 2.89. The van der Waals surface area contributed by atoms with E-state index in [1.165, 1.54) is 0 Å². The fourth-order valence-electron chi connectivity index (χ4n) is 2.36. The number of hydrogen-bond donors (Lipinski definition) is 2. The zero-order valence-electron chi connectivity index (χ0n) is 12.9. The van der Waals surface area contributed by atoms with Crippen LogP contribution < -0.4 is 15.8 Å². The molecule has 0 bridgehead atoms. The number of carbonyl (C=O) groups is 1. The van der Waals surface area contributed by atoms with Crippen molar-refractivity contribution in [2.75, 3.05) is 13.2 Å². The molecule has 4 nitrogen and oxygen atoms in total. The maximum absolute atomic E-state index is 12.4. The average Bonchev–Trinajstić information content (AvgIpc) is 2.38. The molecule has 0 aliphatic heterocycles. The molecule has 0 fully saturated rings. The molecule has 0 aliphatic carbocycles. The molecule has 0 saturated heterocycles. The Labute approximate surface area is 121 Å². The molecule has 1 atom stereocenters. The van der Waals surface area contributed by atoms with E-state index in [1.807, 2.05) is 26.0 Å². The van der Waals surface area contributed by atoms with Crippen molar-refractivity contribution < 1.29 is 9.53 Å². The summed E-state index contributed by atoms with van der Waals surface area (Å²) in [5, 5.41) is 3.05. The standard InChI is InChI=1S/C16H26N2O2/c1-5-20-14-9-7-6-8-13(14)15(19)18-16(4,11-17)10-12(2)3/h6-9,12H,5,10-11,17H2,1-4H3,(H,18,19). The van der Waals surface area contributed by atoms with E-state index < -0.39 is 5.54 Å². The number of para-hydroxylation sites is 1. The van der Waals surface area contributed by atoms with Gasteiger partial charge in [-0.2, -0.15) is 0 Å². The van der Waals surface area contributed by atoms with E-state index in [4.69, 9.17) is 10.5 Å². The van der Waals surface area contributed by atoms with Gasteiger partial charge in [0.15, 0.2) is 0 Å². The zero-order chi connectivity index (χ0) is 15.2. The molecule has 20 heavy (non-hydrogen) atoms. The third-order valence-electron chi connectivity index (χ3n) is 3.16. The first-order valence-electron chi connectivity index (χ1n) is 7.16. The Kier molecular flexibility index (Phi) is 6.02. The minimum absolute atomic E-state index is 0.136. The lowest BCUT2D eigenvalue weighted by Crippen LogP contribution is -2.52. The first kappa shape index (κ1) is 16.5. The lowest BCUT2D eigenvalue weighted by molar-refractivity contribution is 0.0894. The van der Waals surface area contributed by atoms with Crippen LogP contribution in [0.5, 0.6) is 5.75 Å². The average molecular weight is 278 g/mol. The number of hydrogen-bond acceptors (Lipinski definition) is 3. The summed E-state index contributed by atoms with van der Waals surface area (Å²) in [7, 11) is 0. The van der Waals surface area contributed by atoms with Crippen molar-refractivity contribution in [2.45, 2.75) is 39.7 Å². The third kappa shape index (κ3) is 4.53. The van der Waals surface area contributed by atoms with Gasteiger partial charge in [-0.3, -0.25) is 4.79 Å². The quantitative estimate of drug-likeness (QED) is 0.805. The number of benzene rings is 1. The van der Waals surface area contributed by atoms with Crippen LogP contribution in [-0.2, 0) is 0 Å². The van der Waals surface area contributed by atoms with Crippen LogP contribution in [0.3, 0.4) is 0 Å². The summed E-state index contributed by atoms with van der Waals surface area (Å²) in [6, 6.07) is 7.27. The molecule has 0 radical (unpaired) electrons. The highest BCUT2D eigenvalue weighted by molar-refractivity contribution is 5.97. The molecule has 1 rings (SSSR count). The molecule has 1 unspecified atom stereocenters. The van der Waals surface area contributed by atoms with Crippen LogP contribution in [0.15, 0.2) is 24.3 Å². The Morgan fingerprint density at radius 1 is 1.40 bits per heavy atom. The minimum Gasteiger partial charge on any atom is -0.493 e. The van der Waals surface area contributed by atoms with Gasteiger partial charge in [-0.05, 0) is 38.3 Å². The monoisotopic (exact) mass is 278 g/mol. The van der Waals surface area contributed by atoms with Gasteiger partial charge in [0, 0.05) is 12.1 Å². The van der Waals surface area contributed by atoms with E-state index in [-0.39, 0.29) is 5.91 Å². The third-order valence-corrected chi connectivity index (χ3v) is 3.16. The number of nitrogens with one attached hydrogen (secondary N) is 1. The Morgan fingerprint density at radius 3 is 2.60 bits per heavy atom. The topological polar surface area (TPSA) is 64.3 Å². The summed E-state index contributed by atoms with van der Waals surface area (Å²) in [6.07, 6.45) is 0.839. The molecular weight excluding hydrogens is 252 g/mol. The summed E-state index contributed by atoms with van der Waals surface area (Å²) in [4.78, 5) is 12.4. The van der Waals surface area contributed by atoms with Crippen LogP contribution in [0.1, 0.15) is 44.5 Å².